The van der Waals surface area contributed by atoms with Crippen LogP contribution in [0.4, 0.5) is 5.69 Å². The molecule has 0 spiro atoms. The zero-order valence-electron chi connectivity index (χ0n) is 7.72. The van der Waals surface area contributed by atoms with Gasteiger partial charge in [-0.1, -0.05) is 0 Å². The van der Waals surface area contributed by atoms with Crippen LogP contribution in [0.15, 0.2) is 24.5 Å². The number of hydrogen-bond acceptors (Lipinski definition) is 3. The Labute approximate surface area is 78.0 Å². The molecule has 1 saturated carbocycles. The first-order chi connectivity index (χ1) is 6.29. The second-order valence-electron chi connectivity index (χ2n) is 3.53. The van der Waals surface area contributed by atoms with E-state index in [4.69, 9.17) is 0 Å². The first kappa shape index (κ1) is 8.51. The largest absolute Gasteiger partial charge is 0.391 e. The average Bonchev–Trinajstić information content (AvgIpc) is 2.17. The lowest BCUT2D eigenvalue weighted by Crippen LogP contribution is -2.48. The Hall–Kier alpha value is -1.09. The summed E-state index contributed by atoms with van der Waals surface area (Å²) in [5, 5.41) is 9.48. The molecule has 0 amide bonds. The van der Waals surface area contributed by atoms with Crippen LogP contribution in [-0.2, 0) is 0 Å². The van der Waals surface area contributed by atoms with Gasteiger partial charge in [-0.3, -0.25) is 4.98 Å². The Morgan fingerprint density at radius 2 is 2.08 bits per heavy atom. The Bertz CT molecular complexity index is 276. The van der Waals surface area contributed by atoms with Crippen molar-refractivity contribution in [1.29, 1.82) is 0 Å². The van der Waals surface area contributed by atoms with Crippen molar-refractivity contribution in [2.45, 2.75) is 25.0 Å². The second-order valence-corrected chi connectivity index (χ2v) is 3.53. The molecule has 70 valence electrons. The molecule has 1 aromatic heterocycles. The van der Waals surface area contributed by atoms with Crippen LogP contribution in [0.2, 0.25) is 0 Å². The Balaban J connectivity index is 2.09. The van der Waals surface area contributed by atoms with Crippen molar-refractivity contribution in [3.8, 4) is 0 Å². The Morgan fingerprint density at radius 3 is 2.54 bits per heavy atom. The van der Waals surface area contributed by atoms with Gasteiger partial charge in [0.15, 0.2) is 0 Å². The molecule has 1 N–H and O–H groups in total. The first-order valence-corrected chi connectivity index (χ1v) is 4.60. The number of aliphatic hydroxyl groups excluding tert-OH is 1. The lowest BCUT2D eigenvalue weighted by molar-refractivity contribution is 0.0668. The Kier molecular flexibility index (Phi) is 2.19. The molecular formula is C10H14N2O. The molecule has 1 aliphatic carbocycles. The van der Waals surface area contributed by atoms with E-state index >= 15 is 0 Å². The summed E-state index contributed by atoms with van der Waals surface area (Å²) >= 11 is 0. The van der Waals surface area contributed by atoms with Gasteiger partial charge in [0.2, 0.25) is 0 Å². The smallest absolute Gasteiger partial charge is 0.0744 e. The highest BCUT2D eigenvalue weighted by Crippen LogP contribution is 2.28. The number of aliphatic hydroxyl groups is 1. The molecule has 1 heterocycles. The van der Waals surface area contributed by atoms with Crippen molar-refractivity contribution in [3.63, 3.8) is 0 Å². The molecule has 2 unspecified atom stereocenters. The van der Waals surface area contributed by atoms with E-state index in [0.717, 1.165) is 18.5 Å². The molecule has 1 aromatic rings. The highest BCUT2D eigenvalue weighted by atomic mass is 16.3. The van der Waals surface area contributed by atoms with Crippen LogP contribution in [0.1, 0.15) is 12.8 Å². The van der Waals surface area contributed by atoms with Gasteiger partial charge in [-0.25, -0.2) is 0 Å². The van der Waals surface area contributed by atoms with Crippen LogP contribution < -0.4 is 4.90 Å². The number of aromatic nitrogens is 1. The summed E-state index contributed by atoms with van der Waals surface area (Å²) < 4.78 is 0. The van der Waals surface area contributed by atoms with Crippen LogP contribution >= 0.6 is 0 Å². The monoisotopic (exact) mass is 178 g/mol. The van der Waals surface area contributed by atoms with Crippen molar-refractivity contribution >= 4 is 5.69 Å². The molecule has 3 heteroatoms. The zero-order chi connectivity index (χ0) is 9.26. The second kappa shape index (κ2) is 3.34. The predicted octanol–water partition coefficient (Wildman–Crippen LogP) is 1.04. The van der Waals surface area contributed by atoms with Crippen LogP contribution in [0.5, 0.6) is 0 Å². The third-order valence-corrected chi connectivity index (χ3v) is 2.77. The normalized spacial score (nSPS) is 26.6. The van der Waals surface area contributed by atoms with Crippen LogP contribution in [0.25, 0.3) is 0 Å². The van der Waals surface area contributed by atoms with Crippen molar-refractivity contribution in [3.05, 3.63) is 24.5 Å². The lowest BCUT2D eigenvalue weighted by atomic mass is 9.88. The topological polar surface area (TPSA) is 36.4 Å². The van der Waals surface area contributed by atoms with Gasteiger partial charge in [0.05, 0.1) is 12.1 Å². The number of nitrogens with zero attached hydrogens (tertiary/aromatic N) is 2. The highest BCUT2D eigenvalue weighted by Gasteiger charge is 2.32. The van der Waals surface area contributed by atoms with Gasteiger partial charge in [0.1, 0.15) is 0 Å². The number of hydrogen-bond donors (Lipinski definition) is 1. The van der Waals surface area contributed by atoms with Gasteiger partial charge in [0.25, 0.3) is 0 Å². The van der Waals surface area contributed by atoms with Gasteiger partial charge in [0, 0.05) is 25.1 Å². The summed E-state index contributed by atoms with van der Waals surface area (Å²) in [6, 6.07) is 4.22. The van der Waals surface area contributed by atoms with Gasteiger partial charge in [-0.05, 0) is 25.0 Å². The van der Waals surface area contributed by atoms with E-state index in [2.05, 4.69) is 9.88 Å². The van der Waals surface area contributed by atoms with E-state index in [1.54, 1.807) is 12.4 Å². The third kappa shape index (κ3) is 1.52. The van der Waals surface area contributed by atoms with Gasteiger partial charge in [-0.2, -0.15) is 0 Å². The molecule has 2 atom stereocenters. The van der Waals surface area contributed by atoms with Crippen LogP contribution in [-0.4, -0.2) is 29.3 Å². The van der Waals surface area contributed by atoms with E-state index in [0.29, 0.717) is 6.04 Å². The number of anilines is 1. The number of likely N-dealkylation sites (N-methyl/N-ethyl adjacent to an activating group) is 1. The van der Waals surface area contributed by atoms with Crippen LogP contribution in [0.3, 0.4) is 0 Å². The summed E-state index contributed by atoms with van der Waals surface area (Å²) in [7, 11) is 2.02. The van der Waals surface area contributed by atoms with Crippen molar-refractivity contribution < 1.29 is 5.11 Å². The van der Waals surface area contributed by atoms with E-state index < -0.39 is 0 Å². The standard InChI is InChI=1S/C10H14N2O/c1-12(9-2-3-10(9)13)8-4-6-11-7-5-8/h4-7,9-10,13H,2-3H2,1H3. The fourth-order valence-electron chi connectivity index (χ4n) is 1.69. The molecule has 1 fully saturated rings. The molecular weight excluding hydrogens is 164 g/mol. The summed E-state index contributed by atoms with van der Waals surface area (Å²) in [4.78, 5) is 6.08. The molecule has 0 aliphatic heterocycles. The van der Waals surface area contributed by atoms with Gasteiger partial charge >= 0.3 is 0 Å². The van der Waals surface area contributed by atoms with Gasteiger partial charge < -0.3 is 10.0 Å². The van der Waals surface area contributed by atoms with E-state index in [-0.39, 0.29) is 6.10 Å². The lowest BCUT2D eigenvalue weighted by Gasteiger charge is -2.40. The maximum absolute atomic E-state index is 9.48. The zero-order valence-corrected chi connectivity index (χ0v) is 7.72. The minimum atomic E-state index is -0.154. The summed E-state index contributed by atoms with van der Waals surface area (Å²) in [5.41, 5.74) is 1.12. The summed E-state index contributed by atoms with van der Waals surface area (Å²) in [6.45, 7) is 0. The minimum Gasteiger partial charge on any atom is -0.391 e. The third-order valence-electron chi connectivity index (χ3n) is 2.77. The quantitative estimate of drug-likeness (QED) is 0.735. The van der Waals surface area contributed by atoms with Crippen molar-refractivity contribution in [2.75, 3.05) is 11.9 Å². The predicted molar refractivity (Wildman–Crippen MR) is 51.7 cm³/mol. The van der Waals surface area contributed by atoms with Crippen molar-refractivity contribution in [2.24, 2.45) is 0 Å². The summed E-state index contributed by atoms with van der Waals surface area (Å²) in [6.07, 6.45) is 5.41. The fourth-order valence-corrected chi connectivity index (χ4v) is 1.69. The maximum Gasteiger partial charge on any atom is 0.0744 e. The molecule has 1 aliphatic rings. The molecule has 0 aromatic carbocycles. The number of pyridine rings is 1. The highest BCUT2D eigenvalue weighted by molar-refractivity contribution is 5.45. The first-order valence-electron chi connectivity index (χ1n) is 4.60. The SMILES string of the molecule is CN(c1ccncc1)C1CCC1O. The van der Waals surface area contributed by atoms with Crippen LogP contribution in [0, 0.1) is 0 Å². The fraction of sp³-hybridized carbons (Fsp3) is 0.500. The molecule has 13 heavy (non-hydrogen) atoms. The molecule has 2 rings (SSSR count). The van der Waals surface area contributed by atoms with E-state index in [9.17, 15) is 5.11 Å². The van der Waals surface area contributed by atoms with Gasteiger partial charge in [-0.15, -0.1) is 0 Å². The summed E-state index contributed by atoms with van der Waals surface area (Å²) in [5.74, 6) is 0. The molecule has 0 bridgehead atoms. The maximum atomic E-state index is 9.48. The molecule has 0 saturated heterocycles. The van der Waals surface area contributed by atoms with E-state index in [1.807, 2.05) is 19.2 Å². The van der Waals surface area contributed by atoms with E-state index in [1.165, 1.54) is 0 Å². The Morgan fingerprint density at radius 1 is 1.38 bits per heavy atom. The average molecular weight is 178 g/mol. The molecule has 0 radical (unpaired) electrons. The minimum absolute atomic E-state index is 0.154. The number of rotatable bonds is 2. The van der Waals surface area contributed by atoms with Crippen molar-refractivity contribution in [1.82, 2.24) is 4.98 Å². The molecule has 3 nitrogen and oxygen atoms in total.